The second kappa shape index (κ2) is 6.64. The fourth-order valence-corrected chi connectivity index (χ4v) is 4.34. The highest BCUT2D eigenvalue weighted by atomic mass is 32.2. The zero-order valence-corrected chi connectivity index (χ0v) is 13.8. The third-order valence-corrected chi connectivity index (χ3v) is 6.59. The van der Waals surface area contributed by atoms with Crippen molar-refractivity contribution in [3.05, 3.63) is 11.8 Å². The van der Waals surface area contributed by atoms with Crippen molar-refractivity contribution in [3.63, 3.8) is 0 Å². The molecule has 0 radical (unpaired) electrons. The maximum absolute atomic E-state index is 11.9. The van der Waals surface area contributed by atoms with Crippen LogP contribution in [0.4, 0.5) is 0 Å². The van der Waals surface area contributed by atoms with Gasteiger partial charge < -0.3 is 9.73 Å². The minimum absolute atomic E-state index is 0.165. The monoisotopic (exact) mass is 328 g/mol. The van der Waals surface area contributed by atoms with Gasteiger partial charge in [-0.1, -0.05) is 0 Å². The van der Waals surface area contributed by atoms with Crippen molar-refractivity contribution in [3.8, 4) is 0 Å². The third-order valence-electron chi connectivity index (χ3n) is 4.71. The molecular formula is C14H24N4O3S. The van der Waals surface area contributed by atoms with Gasteiger partial charge in [-0.15, -0.1) is 10.2 Å². The summed E-state index contributed by atoms with van der Waals surface area (Å²) < 4.78 is 31.2. The van der Waals surface area contributed by atoms with Crippen LogP contribution in [0.1, 0.15) is 56.2 Å². The van der Waals surface area contributed by atoms with Crippen molar-refractivity contribution in [2.75, 3.05) is 31.9 Å². The number of aromatic nitrogens is 2. The number of nitrogens with zero attached hydrogens (tertiary/aromatic N) is 3. The lowest BCUT2D eigenvalue weighted by molar-refractivity contribution is 0.279. The van der Waals surface area contributed by atoms with Crippen molar-refractivity contribution < 1.29 is 12.8 Å². The fourth-order valence-electron chi connectivity index (χ4n) is 3.21. The molecule has 7 nitrogen and oxygen atoms in total. The molecule has 3 heterocycles. The number of sulfonamides is 1. The first kappa shape index (κ1) is 15.9. The number of nitrogens with one attached hydrogen (secondary N) is 1. The molecule has 0 spiro atoms. The van der Waals surface area contributed by atoms with Crippen molar-refractivity contribution in [2.24, 2.45) is 0 Å². The summed E-state index contributed by atoms with van der Waals surface area (Å²) in [6.45, 7) is 4.77. The van der Waals surface area contributed by atoms with Gasteiger partial charge >= 0.3 is 0 Å². The van der Waals surface area contributed by atoms with Crippen LogP contribution in [0.25, 0.3) is 0 Å². The van der Waals surface area contributed by atoms with E-state index in [-0.39, 0.29) is 11.7 Å². The smallest absolute Gasteiger partial charge is 0.219 e. The lowest BCUT2D eigenvalue weighted by Crippen LogP contribution is -2.38. The third kappa shape index (κ3) is 3.33. The highest BCUT2D eigenvalue weighted by Gasteiger charge is 2.31. The van der Waals surface area contributed by atoms with Gasteiger partial charge in [-0.3, -0.25) is 0 Å². The number of rotatable bonds is 4. The molecule has 1 N–H and O–H groups in total. The first-order valence-electron chi connectivity index (χ1n) is 8.12. The van der Waals surface area contributed by atoms with E-state index in [0.717, 1.165) is 44.7 Å². The second-order valence-electron chi connectivity index (χ2n) is 6.08. The predicted molar refractivity (Wildman–Crippen MR) is 82.2 cm³/mol. The first-order chi connectivity index (χ1) is 10.6. The molecule has 8 heteroatoms. The van der Waals surface area contributed by atoms with Crippen LogP contribution in [-0.2, 0) is 10.0 Å². The molecule has 0 amide bonds. The standard InChI is InChI=1S/C14H24N4O3S/c1-2-22(19,20)18-9-5-12(6-10-18)14-17-16-13(21-14)11-3-7-15-8-4-11/h11-12,15H,2-10H2,1H3. The van der Waals surface area contributed by atoms with Gasteiger partial charge in [0, 0.05) is 24.9 Å². The van der Waals surface area contributed by atoms with Crippen LogP contribution in [0.2, 0.25) is 0 Å². The van der Waals surface area contributed by atoms with Crippen LogP contribution in [0.3, 0.4) is 0 Å². The Labute approximate surface area is 131 Å². The summed E-state index contributed by atoms with van der Waals surface area (Å²) in [7, 11) is -3.08. The van der Waals surface area contributed by atoms with Gasteiger partial charge in [-0.05, 0) is 45.7 Å². The van der Waals surface area contributed by atoms with Crippen LogP contribution in [0.5, 0.6) is 0 Å². The van der Waals surface area contributed by atoms with Crippen LogP contribution in [0, 0.1) is 0 Å². The Morgan fingerprint density at radius 3 is 2.18 bits per heavy atom. The molecule has 0 unspecified atom stereocenters. The molecule has 2 fully saturated rings. The highest BCUT2D eigenvalue weighted by molar-refractivity contribution is 7.89. The average molecular weight is 328 g/mol. The summed E-state index contributed by atoms with van der Waals surface area (Å²) in [5.41, 5.74) is 0. The molecule has 2 saturated heterocycles. The van der Waals surface area contributed by atoms with E-state index >= 15 is 0 Å². The minimum atomic E-state index is -3.08. The molecule has 22 heavy (non-hydrogen) atoms. The summed E-state index contributed by atoms with van der Waals surface area (Å²) in [6, 6.07) is 0. The van der Waals surface area contributed by atoms with Gasteiger partial charge in [0.25, 0.3) is 0 Å². The SMILES string of the molecule is CCS(=O)(=O)N1CCC(c2nnc(C3CCNCC3)o2)CC1. The fraction of sp³-hybridized carbons (Fsp3) is 0.857. The Hall–Kier alpha value is -0.990. The Bertz CT molecular complexity index is 587. The van der Waals surface area contributed by atoms with E-state index < -0.39 is 10.0 Å². The summed E-state index contributed by atoms with van der Waals surface area (Å²) in [4.78, 5) is 0. The Kier molecular flexibility index (Phi) is 4.79. The van der Waals surface area contributed by atoms with Gasteiger partial charge in [-0.2, -0.15) is 0 Å². The Morgan fingerprint density at radius 2 is 1.64 bits per heavy atom. The second-order valence-corrected chi connectivity index (χ2v) is 8.33. The molecule has 1 aromatic heterocycles. The van der Waals surface area contributed by atoms with Crippen molar-refractivity contribution in [2.45, 2.75) is 44.4 Å². The molecular weight excluding hydrogens is 304 g/mol. The van der Waals surface area contributed by atoms with Crippen molar-refractivity contribution in [1.29, 1.82) is 0 Å². The molecule has 3 rings (SSSR count). The zero-order chi connectivity index (χ0) is 15.6. The van der Waals surface area contributed by atoms with Crippen LogP contribution in [0.15, 0.2) is 4.42 Å². The van der Waals surface area contributed by atoms with Gasteiger partial charge in [-0.25, -0.2) is 12.7 Å². The molecule has 1 aromatic rings. The summed E-state index contributed by atoms with van der Waals surface area (Å²) in [5.74, 6) is 2.15. The number of hydrogen-bond donors (Lipinski definition) is 1. The molecule has 2 aliphatic rings. The summed E-state index contributed by atoms with van der Waals surface area (Å²) in [6.07, 6.45) is 3.59. The highest BCUT2D eigenvalue weighted by Crippen LogP contribution is 2.31. The van der Waals surface area contributed by atoms with E-state index in [0.29, 0.717) is 24.9 Å². The van der Waals surface area contributed by atoms with Gasteiger partial charge in [0.1, 0.15) is 0 Å². The molecule has 0 aliphatic carbocycles. The van der Waals surface area contributed by atoms with E-state index in [1.807, 2.05) is 0 Å². The van der Waals surface area contributed by atoms with Gasteiger partial charge in [0.05, 0.1) is 5.75 Å². The summed E-state index contributed by atoms with van der Waals surface area (Å²) >= 11 is 0. The number of piperidine rings is 2. The van der Waals surface area contributed by atoms with Crippen LogP contribution < -0.4 is 5.32 Å². The maximum Gasteiger partial charge on any atom is 0.219 e. The minimum Gasteiger partial charge on any atom is -0.425 e. The molecule has 0 saturated carbocycles. The van der Waals surface area contributed by atoms with E-state index in [1.165, 1.54) is 0 Å². The molecule has 0 aromatic carbocycles. The zero-order valence-electron chi connectivity index (χ0n) is 13.0. The van der Waals surface area contributed by atoms with E-state index in [9.17, 15) is 8.42 Å². The Morgan fingerprint density at radius 1 is 1.09 bits per heavy atom. The largest absolute Gasteiger partial charge is 0.425 e. The number of hydrogen-bond acceptors (Lipinski definition) is 6. The van der Waals surface area contributed by atoms with Gasteiger partial charge in [0.2, 0.25) is 21.8 Å². The maximum atomic E-state index is 11.9. The molecule has 0 atom stereocenters. The predicted octanol–water partition coefficient (Wildman–Crippen LogP) is 1.07. The lowest BCUT2D eigenvalue weighted by Gasteiger charge is -2.29. The van der Waals surface area contributed by atoms with Crippen LogP contribution in [-0.4, -0.2) is 54.9 Å². The lowest BCUT2D eigenvalue weighted by atomic mass is 9.97. The molecule has 2 aliphatic heterocycles. The van der Waals surface area contributed by atoms with Crippen LogP contribution >= 0.6 is 0 Å². The van der Waals surface area contributed by atoms with Crippen molar-refractivity contribution >= 4 is 10.0 Å². The average Bonchev–Trinajstić information content (AvgIpc) is 3.06. The first-order valence-corrected chi connectivity index (χ1v) is 9.73. The topological polar surface area (TPSA) is 88.3 Å². The van der Waals surface area contributed by atoms with E-state index in [2.05, 4.69) is 15.5 Å². The van der Waals surface area contributed by atoms with Gasteiger partial charge in [0.15, 0.2) is 0 Å². The quantitative estimate of drug-likeness (QED) is 0.889. The van der Waals surface area contributed by atoms with E-state index in [1.54, 1.807) is 11.2 Å². The normalized spacial score (nSPS) is 23.0. The van der Waals surface area contributed by atoms with Crippen molar-refractivity contribution in [1.82, 2.24) is 19.8 Å². The van der Waals surface area contributed by atoms with E-state index in [4.69, 9.17) is 4.42 Å². The molecule has 124 valence electrons. The summed E-state index contributed by atoms with van der Waals surface area (Å²) in [5, 5.41) is 11.8. The molecule has 0 bridgehead atoms. The Balaban J connectivity index is 1.61.